The fourth-order valence-corrected chi connectivity index (χ4v) is 1.53. The van der Waals surface area contributed by atoms with Gasteiger partial charge in [0, 0.05) is 5.56 Å². The second kappa shape index (κ2) is 4.97. The Hall–Kier alpha value is -1.95. The highest BCUT2D eigenvalue weighted by Gasteiger charge is 2.25. The zero-order valence-corrected chi connectivity index (χ0v) is 11.1. The van der Waals surface area contributed by atoms with Crippen LogP contribution in [0.5, 0.6) is 5.75 Å². The SMILES string of the molecule is CCC(C)(N)c1noc(-c2ccc(OC)c(F)c2)n1. The normalized spacial score (nSPS) is 14.2. The van der Waals surface area contributed by atoms with Crippen LogP contribution in [0.2, 0.25) is 0 Å². The van der Waals surface area contributed by atoms with Gasteiger partial charge in [-0.15, -0.1) is 0 Å². The van der Waals surface area contributed by atoms with Gasteiger partial charge in [0.2, 0.25) is 0 Å². The van der Waals surface area contributed by atoms with Crippen molar-refractivity contribution in [1.29, 1.82) is 0 Å². The van der Waals surface area contributed by atoms with Crippen molar-refractivity contribution in [3.63, 3.8) is 0 Å². The standard InChI is InChI=1S/C13H16FN3O2/c1-4-13(2,15)12-16-11(19-17-12)8-5-6-10(18-3)9(14)7-8/h5-7H,4,15H2,1-3H3. The minimum Gasteiger partial charge on any atom is -0.494 e. The molecular weight excluding hydrogens is 249 g/mol. The average Bonchev–Trinajstić information content (AvgIpc) is 2.89. The topological polar surface area (TPSA) is 74.2 Å². The molecule has 6 heteroatoms. The molecule has 1 aromatic carbocycles. The second-order valence-electron chi connectivity index (χ2n) is 4.54. The Bertz CT molecular complexity index is 581. The first-order valence-electron chi connectivity index (χ1n) is 5.95. The number of hydrogen-bond acceptors (Lipinski definition) is 5. The van der Waals surface area contributed by atoms with Gasteiger partial charge in [0.15, 0.2) is 17.4 Å². The second-order valence-corrected chi connectivity index (χ2v) is 4.54. The molecule has 0 radical (unpaired) electrons. The summed E-state index contributed by atoms with van der Waals surface area (Å²) >= 11 is 0. The number of benzene rings is 1. The molecule has 1 unspecified atom stereocenters. The van der Waals surface area contributed by atoms with Crippen LogP contribution in [0.1, 0.15) is 26.1 Å². The van der Waals surface area contributed by atoms with Crippen molar-refractivity contribution in [2.75, 3.05) is 7.11 Å². The zero-order valence-electron chi connectivity index (χ0n) is 11.1. The number of aromatic nitrogens is 2. The first-order chi connectivity index (χ1) is 8.97. The van der Waals surface area contributed by atoms with Gasteiger partial charge in [-0.2, -0.15) is 4.98 Å². The van der Waals surface area contributed by atoms with E-state index in [1.807, 2.05) is 13.8 Å². The monoisotopic (exact) mass is 265 g/mol. The van der Waals surface area contributed by atoms with Gasteiger partial charge in [-0.1, -0.05) is 12.1 Å². The molecule has 2 rings (SSSR count). The number of hydrogen-bond donors (Lipinski definition) is 1. The highest BCUT2D eigenvalue weighted by Crippen LogP contribution is 2.26. The van der Waals surface area contributed by atoms with Gasteiger partial charge in [-0.25, -0.2) is 4.39 Å². The number of nitrogens with zero attached hydrogens (tertiary/aromatic N) is 2. The summed E-state index contributed by atoms with van der Waals surface area (Å²) in [6.45, 7) is 3.75. The number of halogens is 1. The molecule has 0 saturated carbocycles. The van der Waals surface area contributed by atoms with Crippen molar-refractivity contribution in [2.24, 2.45) is 5.73 Å². The largest absolute Gasteiger partial charge is 0.494 e. The van der Waals surface area contributed by atoms with E-state index in [4.69, 9.17) is 15.0 Å². The first kappa shape index (κ1) is 13.5. The van der Waals surface area contributed by atoms with E-state index in [9.17, 15) is 4.39 Å². The highest BCUT2D eigenvalue weighted by atomic mass is 19.1. The van der Waals surface area contributed by atoms with Crippen LogP contribution in [0.15, 0.2) is 22.7 Å². The van der Waals surface area contributed by atoms with E-state index in [1.165, 1.54) is 19.2 Å². The van der Waals surface area contributed by atoms with E-state index < -0.39 is 11.4 Å². The Morgan fingerprint density at radius 3 is 2.79 bits per heavy atom. The van der Waals surface area contributed by atoms with Crippen LogP contribution in [0.25, 0.3) is 11.5 Å². The molecule has 1 heterocycles. The predicted octanol–water partition coefficient (Wildman–Crippen LogP) is 2.47. The van der Waals surface area contributed by atoms with Gasteiger partial charge in [-0.05, 0) is 31.5 Å². The number of rotatable bonds is 4. The molecular formula is C13H16FN3O2. The van der Waals surface area contributed by atoms with Crippen molar-refractivity contribution in [3.8, 4) is 17.2 Å². The molecule has 0 fully saturated rings. The van der Waals surface area contributed by atoms with Gasteiger partial charge in [0.25, 0.3) is 5.89 Å². The van der Waals surface area contributed by atoms with Crippen LogP contribution < -0.4 is 10.5 Å². The van der Waals surface area contributed by atoms with Gasteiger partial charge in [-0.3, -0.25) is 0 Å². The molecule has 0 aliphatic rings. The summed E-state index contributed by atoms with van der Waals surface area (Å²) < 4.78 is 23.6. The summed E-state index contributed by atoms with van der Waals surface area (Å²) in [4.78, 5) is 4.21. The molecule has 102 valence electrons. The van der Waals surface area contributed by atoms with E-state index in [2.05, 4.69) is 10.1 Å². The van der Waals surface area contributed by atoms with Crippen molar-refractivity contribution in [3.05, 3.63) is 29.8 Å². The lowest BCUT2D eigenvalue weighted by Crippen LogP contribution is -2.33. The fraction of sp³-hybridized carbons (Fsp3) is 0.385. The Morgan fingerprint density at radius 2 is 2.21 bits per heavy atom. The molecule has 2 aromatic rings. The summed E-state index contributed by atoms with van der Waals surface area (Å²) in [5, 5.41) is 3.84. The van der Waals surface area contributed by atoms with Crippen molar-refractivity contribution < 1.29 is 13.7 Å². The third kappa shape index (κ3) is 2.58. The molecule has 1 aromatic heterocycles. The van der Waals surface area contributed by atoms with Crippen LogP contribution in [0, 0.1) is 5.82 Å². The third-order valence-corrected chi connectivity index (χ3v) is 3.07. The van der Waals surface area contributed by atoms with Gasteiger partial charge < -0.3 is 15.0 Å². The summed E-state index contributed by atoms with van der Waals surface area (Å²) in [6.07, 6.45) is 0.670. The van der Waals surface area contributed by atoms with Crippen molar-refractivity contribution >= 4 is 0 Å². The molecule has 0 spiro atoms. The van der Waals surface area contributed by atoms with Crippen LogP contribution in [0.4, 0.5) is 4.39 Å². The minimum atomic E-state index is -0.660. The number of nitrogens with two attached hydrogens (primary N) is 1. The van der Waals surface area contributed by atoms with Crippen LogP contribution >= 0.6 is 0 Å². The van der Waals surface area contributed by atoms with Crippen LogP contribution in [0.3, 0.4) is 0 Å². The number of ether oxygens (including phenoxy) is 1. The van der Waals surface area contributed by atoms with Gasteiger partial charge in [0.1, 0.15) is 0 Å². The Labute approximate surface area is 110 Å². The maximum Gasteiger partial charge on any atom is 0.258 e. The van der Waals surface area contributed by atoms with E-state index in [1.54, 1.807) is 6.07 Å². The first-order valence-corrected chi connectivity index (χ1v) is 5.95. The lowest BCUT2D eigenvalue weighted by atomic mass is 10.00. The smallest absolute Gasteiger partial charge is 0.258 e. The minimum absolute atomic E-state index is 0.167. The Balaban J connectivity index is 2.36. The maximum atomic E-state index is 13.6. The molecule has 0 bridgehead atoms. The fourth-order valence-electron chi connectivity index (χ4n) is 1.53. The molecule has 2 N–H and O–H groups in total. The Morgan fingerprint density at radius 1 is 1.47 bits per heavy atom. The molecule has 5 nitrogen and oxygen atoms in total. The summed E-state index contributed by atoms with van der Waals surface area (Å²) in [5.74, 6) is 0.328. The van der Waals surface area contributed by atoms with Crippen molar-refractivity contribution in [2.45, 2.75) is 25.8 Å². The lowest BCUT2D eigenvalue weighted by Gasteiger charge is -2.16. The third-order valence-electron chi connectivity index (χ3n) is 3.07. The Kier molecular flexibility index (Phi) is 3.53. The average molecular weight is 265 g/mol. The van der Waals surface area contributed by atoms with E-state index in [0.29, 0.717) is 17.8 Å². The van der Waals surface area contributed by atoms with Crippen LogP contribution in [-0.4, -0.2) is 17.3 Å². The van der Waals surface area contributed by atoms with E-state index in [0.717, 1.165) is 0 Å². The lowest BCUT2D eigenvalue weighted by molar-refractivity contribution is 0.377. The van der Waals surface area contributed by atoms with Gasteiger partial charge in [0.05, 0.1) is 12.6 Å². The number of methoxy groups -OCH3 is 1. The summed E-state index contributed by atoms with van der Waals surface area (Å²) in [6, 6.07) is 4.45. The quantitative estimate of drug-likeness (QED) is 0.919. The summed E-state index contributed by atoms with van der Waals surface area (Å²) in [7, 11) is 1.41. The molecule has 0 amide bonds. The van der Waals surface area contributed by atoms with Crippen molar-refractivity contribution in [1.82, 2.24) is 10.1 Å². The van der Waals surface area contributed by atoms with Gasteiger partial charge >= 0.3 is 0 Å². The maximum absolute atomic E-state index is 13.6. The molecule has 0 aliphatic carbocycles. The molecule has 0 aliphatic heterocycles. The zero-order chi connectivity index (χ0) is 14.0. The molecule has 1 atom stereocenters. The van der Waals surface area contributed by atoms with E-state index in [-0.39, 0.29) is 11.6 Å². The van der Waals surface area contributed by atoms with Crippen LogP contribution in [-0.2, 0) is 5.54 Å². The molecule has 0 saturated heterocycles. The predicted molar refractivity (Wildman–Crippen MR) is 68.1 cm³/mol. The highest BCUT2D eigenvalue weighted by molar-refractivity contribution is 5.54. The summed E-state index contributed by atoms with van der Waals surface area (Å²) in [5.41, 5.74) is 5.86. The molecule has 19 heavy (non-hydrogen) atoms. The van der Waals surface area contributed by atoms with E-state index >= 15 is 0 Å².